The molecule has 1 aromatic carbocycles. The number of terminal acetylenes is 1. The number of benzene rings is 1. The van der Waals surface area contributed by atoms with Crippen LogP contribution >= 0.6 is 11.6 Å². The van der Waals surface area contributed by atoms with E-state index in [1.165, 1.54) is 12.1 Å². The second-order valence-electron chi connectivity index (χ2n) is 2.04. The Bertz CT molecular complexity index is 317. The summed E-state index contributed by atoms with van der Waals surface area (Å²) in [7, 11) is 0. The van der Waals surface area contributed by atoms with Gasteiger partial charge in [0.15, 0.2) is 11.6 Å². The van der Waals surface area contributed by atoms with Crippen molar-refractivity contribution in [2.45, 2.75) is 0 Å². The monoisotopic (exact) mass is 184 g/mol. The van der Waals surface area contributed by atoms with Gasteiger partial charge in [0.1, 0.15) is 6.61 Å². The fourth-order valence-electron chi connectivity index (χ4n) is 0.715. The second-order valence-corrected chi connectivity index (χ2v) is 2.45. The number of hydrogen-bond acceptors (Lipinski definition) is 1. The van der Waals surface area contributed by atoms with Gasteiger partial charge in [-0.05, 0) is 12.1 Å². The Morgan fingerprint density at radius 3 is 3.00 bits per heavy atom. The van der Waals surface area contributed by atoms with E-state index in [4.69, 9.17) is 22.8 Å². The van der Waals surface area contributed by atoms with Gasteiger partial charge in [0.05, 0.1) is 5.02 Å². The quantitative estimate of drug-likeness (QED) is 0.642. The lowest BCUT2D eigenvalue weighted by Gasteiger charge is -2.03. The molecule has 0 atom stereocenters. The zero-order valence-electron chi connectivity index (χ0n) is 6.18. The third-order valence-corrected chi connectivity index (χ3v) is 1.52. The van der Waals surface area contributed by atoms with Gasteiger partial charge in [-0.25, -0.2) is 4.39 Å². The molecule has 3 heteroatoms. The molecule has 0 aliphatic heterocycles. The highest BCUT2D eigenvalue weighted by molar-refractivity contribution is 6.30. The summed E-state index contributed by atoms with van der Waals surface area (Å²) in [5.74, 6) is 1.74. The van der Waals surface area contributed by atoms with E-state index in [0.717, 1.165) is 0 Å². The van der Waals surface area contributed by atoms with E-state index in [1.807, 2.05) is 0 Å². The molecule has 0 fully saturated rings. The van der Waals surface area contributed by atoms with Gasteiger partial charge in [0.2, 0.25) is 0 Å². The molecule has 62 valence electrons. The Balaban J connectivity index is 2.86. The average Bonchev–Trinajstić information content (AvgIpc) is 2.08. The maximum Gasteiger partial charge on any atom is 0.183 e. The third-order valence-electron chi connectivity index (χ3n) is 1.23. The van der Waals surface area contributed by atoms with Gasteiger partial charge in [0.25, 0.3) is 0 Å². The molecule has 0 unspecified atom stereocenters. The zero-order chi connectivity index (χ0) is 8.97. The van der Waals surface area contributed by atoms with E-state index in [2.05, 4.69) is 5.92 Å². The molecule has 0 N–H and O–H groups in total. The van der Waals surface area contributed by atoms with E-state index in [9.17, 15) is 4.39 Å². The summed E-state index contributed by atoms with van der Waals surface area (Å²) in [5, 5.41) is 0.0320. The molecule has 0 aliphatic carbocycles. The van der Waals surface area contributed by atoms with Gasteiger partial charge in [-0.1, -0.05) is 23.6 Å². The maximum absolute atomic E-state index is 13.0. The molecular weight excluding hydrogens is 179 g/mol. The minimum Gasteiger partial charge on any atom is -0.478 e. The fraction of sp³-hybridized carbons (Fsp3) is 0.111. The highest BCUT2D eigenvalue weighted by Crippen LogP contribution is 2.23. The van der Waals surface area contributed by atoms with E-state index in [0.29, 0.717) is 0 Å². The fourth-order valence-corrected chi connectivity index (χ4v) is 0.881. The average molecular weight is 185 g/mol. The van der Waals surface area contributed by atoms with Crippen LogP contribution in [0.3, 0.4) is 0 Å². The van der Waals surface area contributed by atoms with E-state index >= 15 is 0 Å². The van der Waals surface area contributed by atoms with Crippen LogP contribution in [0.25, 0.3) is 0 Å². The van der Waals surface area contributed by atoms with Crippen molar-refractivity contribution in [3.8, 4) is 18.1 Å². The SMILES string of the molecule is C#CCOc1cccc(Cl)c1F. The maximum atomic E-state index is 13.0. The van der Waals surface area contributed by atoms with Crippen molar-refractivity contribution in [3.05, 3.63) is 29.0 Å². The van der Waals surface area contributed by atoms with Gasteiger partial charge >= 0.3 is 0 Å². The normalized spacial score (nSPS) is 9.08. The Labute approximate surface area is 75.1 Å². The summed E-state index contributed by atoms with van der Waals surface area (Å²) in [6, 6.07) is 4.51. The molecule has 1 rings (SSSR count). The second kappa shape index (κ2) is 3.99. The Morgan fingerprint density at radius 1 is 1.58 bits per heavy atom. The van der Waals surface area contributed by atoms with Crippen molar-refractivity contribution >= 4 is 11.6 Å². The molecule has 12 heavy (non-hydrogen) atoms. The number of ether oxygens (including phenoxy) is 1. The standard InChI is InChI=1S/C9H6ClFO/c1-2-6-12-8-5-3-4-7(10)9(8)11/h1,3-5H,6H2. The van der Waals surface area contributed by atoms with Crippen LogP contribution in [0.4, 0.5) is 4.39 Å². The highest BCUT2D eigenvalue weighted by atomic mass is 35.5. The minimum atomic E-state index is -0.575. The highest BCUT2D eigenvalue weighted by Gasteiger charge is 2.05. The summed E-state index contributed by atoms with van der Waals surface area (Å²) >= 11 is 5.49. The van der Waals surface area contributed by atoms with Crippen molar-refractivity contribution < 1.29 is 9.13 Å². The third kappa shape index (κ3) is 1.90. The lowest BCUT2D eigenvalue weighted by atomic mass is 10.3. The molecule has 0 spiro atoms. The summed E-state index contributed by atoms with van der Waals surface area (Å²) in [6.07, 6.45) is 4.93. The number of hydrogen-bond donors (Lipinski definition) is 0. The predicted octanol–water partition coefficient (Wildman–Crippen LogP) is 2.49. The van der Waals surface area contributed by atoms with E-state index in [1.54, 1.807) is 6.07 Å². The zero-order valence-corrected chi connectivity index (χ0v) is 6.94. The molecule has 0 amide bonds. The van der Waals surface area contributed by atoms with Crippen LogP contribution < -0.4 is 4.74 Å². The van der Waals surface area contributed by atoms with Gasteiger partial charge in [-0.2, -0.15) is 0 Å². The van der Waals surface area contributed by atoms with E-state index < -0.39 is 5.82 Å². The van der Waals surface area contributed by atoms with Crippen LogP contribution in [-0.2, 0) is 0 Å². The molecule has 1 aromatic rings. The molecule has 0 saturated carbocycles. The lowest BCUT2D eigenvalue weighted by molar-refractivity contribution is 0.348. The molecule has 0 aromatic heterocycles. The Kier molecular flexibility index (Phi) is 2.95. The number of halogens is 2. The summed E-state index contributed by atoms with van der Waals surface area (Å²) in [6.45, 7) is 0.0390. The van der Waals surface area contributed by atoms with Gasteiger partial charge in [-0.15, -0.1) is 6.42 Å². The molecule has 1 nitrogen and oxygen atoms in total. The minimum absolute atomic E-state index is 0.0320. The van der Waals surface area contributed by atoms with Crippen LogP contribution in [-0.4, -0.2) is 6.61 Å². The smallest absolute Gasteiger partial charge is 0.183 e. The van der Waals surface area contributed by atoms with Crippen molar-refractivity contribution in [2.75, 3.05) is 6.61 Å². The first-order valence-electron chi connectivity index (χ1n) is 3.26. The molecule has 0 heterocycles. The molecule has 0 bridgehead atoms. The molecular formula is C9H6ClFO. The topological polar surface area (TPSA) is 9.23 Å². The lowest BCUT2D eigenvalue weighted by Crippen LogP contribution is -1.95. The first kappa shape index (κ1) is 8.89. The van der Waals surface area contributed by atoms with Gasteiger partial charge < -0.3 is 4.74 Å². The molecule has 0 radical (unpaired) electrons. The molecule has 0 aliphatic rings. The van der Waals surface area contributed by atoms with Crippen molar-refractivity contribution in [1.82, 2.24) is 0 Å². The largest absolute Gasteiger partial charge is 0.478 e. The van der Waals surface area contributed by atoms with Crippen molar-refractivity contribution in [2.24, 2.45) is 0 Å². The van der Waals surface area contributed by atoms with Gasteiger partial charge in [-0.3, -0.25) is 0 Å². The van der Waals surface area contributed by atoms with Crippen LogP contribution in [0.1, 0.15) is 0 Å². The first-order valence-corrected chi connectivity index (χ1v) is 3.63. The molecule has 0 saturated heterocycles. The first-order chi connectivity index (χ1) is 5.75. The van der Waals surface area contributed by atoms with Crippen LogP contribution in [0.15, 0.2) is 18.2 Å². The Morgan fingerprint density at radius 2 is 2.33 bits per heavy atom. The Hall–Kier alpha value is -1.20. The van der Waals surface area contributed by atoms with Crippen molar-refractivity contribution in [1.29, 1.82) is 0 Å². The van der Waals surface area contributed by atoms with Crippen LogP contribution in [0, 0.1) is 18.2 Å². The summed E-state index contributed by atoms with van der Waals surface area (Å²) in [5.41, 5.74) is 0. The van der Waals surface area contributed by atoms with Crippen molar-refractivity contribution in [3.63, 3.8) is 0 Å². The van der Waals surface area contributed by atoms with Gasteiger partial charge in [0, 0.05) is 0 Å². The van der Waals surface area contributed by atoms with Crippen LogP contribution in [0.5, 0.6) is 5.75 Å². The predicted molar refractivity (Wildman–Crippen MR) is 45.7 cm³/mol. The number of rotatable bonds is 2. The summed E-state index contributed by atoms with van der Waals surface area (Å²) < 4.78 is 17.9. The van der Waals surface area contributed by atoms with E-state index in [-0.39, 0.29) is 17.4 Å². The summed E-state index contributed by atoms with van der Waals surface area (Å²) in [4.78, 5) is 0. The van der Waals surface area contributed by atoms with Crippen LogP contribution in [0.2, 0.25) is 5.02 Å².